The summed E-state index contributed by atoms with van der Waals surface area (Å²) in [6.45, 7) is 3.03. The minimum atomic E-state index is 0.0838. The van der Waals surface area contributed by atoms with Gasteiger partial charge in [0.15, 0.2) is 10.7 Å². The fraction of sp³-hybridized carbons (Fsp3) is 0.235. The number of aryl methyl sites for hydroxylation is 1. The number of nitrogens with one attached hydrogen (secondary N) is 1. The first-order valence-corrected chi connectivity index (χ1v) is 8.56. The number of ketones is 1. The number of carbonyl (C=O) groups is 1. The molecule has 0 amide bonds. The molecule has 0 aliphatic carbocycles. The molecule has 4 aromatic rings. The van der Waals surface area contributed by atoms with Crippen LogP contribution in [0.25, 0.3) is 16.0 Å². The molecule has 7 heteroatoms. The third-order valence-electron chi connectivity index (χ3n) is 4.15. The van der Waals surface area contributed by atoms with Gasteiger partial charge in [-0.3, -0.25) is 14.1 Å². The summed E-state index contributed by atoms with van der Waals surface area (Å²) in [5.41, 5.74) is 3.57. The lowest BCUT2D eigenvalue weighted by atomic mass is 10.1. The second-order valence-electron chi connectivity index (χ2n) is 5.90. The van der Waals surface area contributed by atoms with Crippen molar-refractivity contribution in [2.24, 2.45) is 0 Å². The predicted octanol–water partition coefficient (Wildman–Crippen LogP) is 2.90. The van der Waals surface area contributed by atoms with E-state index in [1.165, 1.54) is 0 Å². The monoisotopic (exact) mass is 339 g/mol. The molecule has 0 aliphatic rings. The van der Waals surface area contributed by atoms with Crippen molar-refractivity contribution in [1.29, 1.82) is 0 Å². The first-order chi connectivity index (χ1) is 11.6. The Kier molecular flexibility index (Phi) is 3.66. The van der Waals surface area contributed by atoms with E-state index in [0.29, 0.717) is 18.7 Å². The minimum absolute atomic E-state index is 0.0838. The molecule has 24 heavy (non-hydrogen) atoms. The van der Waals surface area contributed by atoms with Crippen molar-refractivity contribution in [3.63, 3.8) is 0 Å². The molecule has 0 radical (unpaired) electrons. The van der Waals surface area contributed by atoms with Gasteiger partial charge in [0.05, 0.1) is 17.9 Å². The fourth-order valence-electron chi connectivity index (χ4n) is 2.96. The summed E-state index contributed by atoms with van der Waals surface area (Å²) in [6.07, 6.45) is 5.49. The topological polar surface area (TPSA) is 66.3 Å². The van der Waals surface area contributed by atoms with E-state index in [9.17, 15) is 4.79 Å². The van der Waals surface area contributed by atoms with Gasteiger partial charge in [-0.1, -0.05) is 0 Å². The third kappa shape index (κ3) is 2.51. The van der Waals surface area contributed by atoms with E-state index < -0.39 is 0 Å². The molecule has 1 N–H and O–H groups in total. The second-order valence-corrected chi connectivity index (χ2v) is 6.77. The van der Waals surface area contributed by atoms with E-state index in [4.69, 9.17) is 0 Å². The number of carbonyl (C=O) groups excluding carboxylic acids is 1. The number of aromatic nitrogens is 4. The van der Waals surface area contributed by atoms with Gasteiger partial charge < -0.3 is 4.98 Å². The van der Waals surface area contributed by atoms with Crippen molar-refractivity contribution >= 4 is 33.1 Å². The number of hydrogen-bond donors (Lipinski definition) is 1. The fourth-order valence-corrected chi connectivity index (χ4v) is 3.74. The number of fused-ring (bicyclic) bond motifs is 2. The largest absolute Gasteiger partial charge is 0.345 e. The number of likely N-dealkylation sites (N-methyl/N-ethyl adjacent to an activating group) is 1. The Morgan fingerprint density at radius 2 is 2.33 bits per heavy atom. The van der Waals surface area contributed by atoms with Crippen molar-refractivity contribution in [3.05, 3.63) is 53.1 Å². The molecule has 0 fully saturated rings. The van der Waals surface area contributed by atoms with Crippen LogP contribution in [-0.2, 0) is 6.54 Å². The van der Waals surface area contributed by atoms with Crippen LogP contribution in [0, 0.1) is 6.92 Å². The maximum absolute atomic E-state index is 12.6. The summed E-state index contributed by atoms with van der Waals surface area (Å²) >= 11 is 1.62. The number of hydrogen-bond acceptors (Lipinski definition) is 5. The second kappa shape index (κ2) is 5.85. The maximum atomic E-state index is 12.6. The highest BCUT2D eigenvalue weighted by atomic mass is 32.1. The lowest BCUT2D eigenvalue weighted by Gasteiger charge is -2.15. The summed E-state index contributed by atoms with van der Waals surface area (Å²) in [5, 5.41) is 2.90. The van der Waals surface area contributed by atoms with Crippen LogP contribution >= 0.6 is 11.3 Å². The van der Waals surface area contributed by atoms with Crippen LogP contribution in [0.1, 0.15) is 21.7 Å². The molecule has 4 rings (SSSR count). The molecule has 0 unspecified atom stereocenters. The van der Waals surface area contributed by atoms with Crippen LogP contribution in [0.2, 0.25) is 0 Å². The van der Waals surface area contributed by atoms with E-state index in [1.807, 2.05) is 42.6 Å². The van der Waals surface area contributed by atoms with Gasteiger partial charge in [-0.15, -0.1) is 11.3 Å². The number of H-pyrrole nitrogens is 1. The molecule has 0 atom stereocenters. The number of rotatable bonds is 5. The Bertz CT molecular complexity index is 1030. The molecular formula is C17H17N5OS. The van der Waals surface area contributed by atoms with Gasteiger partial charge in [0, 0.05) is 41.5 Å². The smallest absolute Gasteiger partial charge is 0.194 e. The lowest BCUT2D eigenvalue weighted by molar-refractivity contribution is 0.0944. The van der Waals surface area contributed by atoms with Crippen molar-refractivity contribution in [3.8, 4) is 0 Å². The number of imidazole rings is 1. The van der Waals surface area contributed by atoms with Crippen molar-refractivity contribution in [2.45, 2.75) is 13.5 Å². The zero-order chi connectivity index (χ0) is 16.7. The van der Waals surface area contributed by atoms with Crippen molar-refractivity contribution in [1.82, 2.24) is 24.3 Å². The average Bonchev–Trinajstić information content (AvgIpc) is 3.24. The first kappa shape index (κ1) is 15.0. The predicted molar refractivity (Wildman–Crippen MR) is 94.6 cm³/mol. The Morgan fingerprint density at radius 3 is 3.21 bits per heavy atom. The molecule has 0 aliphatic heterocycles. The molecule has 0 saturated heterocycles. The molecule has 122 valence electrons. The minimum Gasteiger partial charge on any atom is -0.345 e. The highest BCUT2D eigenvalue weighted by Gasteiger charge is 2.17. The number of nitrogens with zero attached hydrogens (tertiary/aromatic N) is 4. The van der Waals surface area contributed by atoms with Gasteiger partial charge in [-0.05, 0) is 26.1 Å². The van der Waals surface area contributed by atoms with Crippen LogP contribution in [-0.4, -0.2) is 43.6 Å². The number of thiazole rings is 1. The van der Waals surface area contributed by atoms with Crippen LogP contribution in [0.15, 0.2) is 36.1 Å². The molecule has 0 spiro atoms. The molecule has 0 aromatic carbocycles. The van der Waals surface area contributed by atoms with Gasteiger partial charge in [0.1, 0.15) is 5.65 Å². The maximum Gasteiger partial charge on any atom is 0.194 e. The van der Waals surface area contributed by atoms with E-state index in [2.05, 4.69) is 19.4 Å². The molecule has 0 saturated carbocycles. The van der Waals surface area contributed by atoms with E-state index in [-0.39, 0.29) is 5.78 Å². The Morgan fingerprint density at radius 1 is 1.46 bits per heavy atom. The summed E-state index contributed by atoms with van der Waals surface area (Å²) < 4.78 is 2.09. The van der Waals surface area contributed by atoms with Crippen molar-refractivity contribution < 1.29 is 4.79 Å². The summed E-state index contributed by atoms with van der Waals surface area (Å²) in [5.74, 6) is 0.0838. The molecule has 4 aromatic heterocycles. The van der Waals surface area contributed by atoms with Crippen LogP contribution in [0.4, 0.5) is 0 Å². The van der Waals surface area contributed by atoms with Crippen LogP contribution in [0.3, 0.4) is 0 Å². The van der Waals surface area contributed by atoms with Gasteiger partial charge in [-0.25, -0.2) is 9.97 Å². The SMILES string of the molecule is Cc1nc2sccn2c1CN(C)CC(=O)c1c[nH]c2ncccc12. The Balaban J connectivity index is 1.53. The normalized spacial score (nSPS) is 11.8. The molecule has 0 bridgehead atoms. The standard InChI is InChI=1S/C17H17N5OS/c1-11-14(22-6-7-24-17(22)20-11)9-21(2)10-15(23)13-8-19-16-12(13)4-3-5-18-16/h3-8H,9-10H2,1-2H3,(H,18,19). The van der Waals surface area contributed by atoms with E-state index in [0.717, 1.165) is 27.4 Å². The molecule has 4 heterocycles. The number of pyridine rings is 1. The van der Waals surface area contributed by atoms with Crippen LogP contribution < -0.4 is 0 Å². The number of Topliss-reactive ketones (excluding diaryl/α,β-unsaturated/α-hetero) is 1. The highest BCUT2D eigenvalue weighted by molar-refractivity contribution is 7.15. The average molecular weight is 339 g/mol. The highest BCUT2D eigenvalue weighted by Crippen LogP contribution is 2.19. The van der Waals surface area contributed by atoms with Crippen molar-refractivity contribution in [2.75, 3.05) is 13.6 Å². The molecule has 6 nitrogen and oxygen atoms in total. The van der Waals surface area contributed by atoms with Gasteiger partial charge >= 0.3 is 0 Å². The molecular weight excluding hydrogens is 322 g/mol. The zero-order valence-corrected chi connectivity index (χ0v) is 14.3. The Labute approximate surface area is 142 Å². The van der Waals surface area contributed by atoms with E-state index >= 15 is 0 Å². The summed E-state index contributed by atoms with van der Waals surface area (Å²) in [6, 6.07) is 3.77. The van der Waals surface area contributed by atoms with E-state index in [1.54, 1.807) is 23.7 Å². The van der Waals surface area contributed by atoms with Crippen LogP contribution in [0.5, 0.6) is 0 Å². The quantitative estimate of drug-likeness (QED) is 0.568. The number of aromatic amines is 1. The van der Waals surface area contributed by atoms with Gasteiger partial charge in [-0.2, -0.15) is 0 Å². The van der Waals surface area contributed by atoms with Gasteiger partial charge in [0.25, 0.3) is 0 Å². The lowest BCUT2D eigenvalue weighted by Crippen LogP contribution is -2.26. The Hall–Kier alpha value is -2.51. The first-order valence-electron chi connectivity index (χ1n) is 7.68. The third-order valence-corrected chi connectivity index (χ3v) is 4.90. The summed E-state index contributed by atoms with van der Waals surface area (Å²) in [7, 11) is 1.95. The zero-order valence-electron chi connectivity index (χ0n) is 13.5. The summed E-state index contributed by atoms with van der Waals surface area (Å²) in [4.78, 5) is 27.5. The van der Waals surface area contributed by atoms with Gasteiger partial charge in [0.2, 0.25) is 0 Å².